The number of carboxylic acids is 1. The van der Waals surface area contributed by atoms with Gasteiger partial charge in [-0.1, -0.05) is 17.7 Å². The van der Waals surface area contributed by atoms with Gasteiger partial charge < -0.3 is 24.0 Å². The highest BCUT2D eigenvalue weighted by Crippen LogP contribution is 2.51. The summed E-state index contributed by atoms with van der Waals surface area (Å²) in [5.41, 5.74) is 1.50. The number of halogens is 2. The second-order valence-electron chi connectivity index (χ2n) is 12.6. The van der Waals surface area contributed by atoms with E-state index in [1.165, 1.54) is 6.07 Å². The van der Waals surface area contributed by atoms with Gasteiger partial charge in [-0.3, -0.25) is 9.88 Å². The van der Waals surface area contributed by atoms with Crippen molar-refractivity contribution < 1.29 is 23.8 Å². The zero-order chi connectivity index (χ0) is 31.1. The standard InChI is InChI=1S/C33H30ClFN6O4/c1-32(27-8-5-20(34)15-37-27)44-26-4-2-3-24(30(26)45-32)40-12-11-39(22-6-7-23(22)40)16-28-38-29-21(35)13-19(31(42)43)14-25(29)41(28)18-33(17-36)9-10-33/h2-5,8,13-15,22-23H,6-7,9-12,16,18H2,1H3,(H,42,43)/t22-,23-,32-/m0/s1. The van der Waals surface area contributed by atoms with Crippen LogP contribution in [0.25, 0.3) is 11.0 Å². The molecule has 12 heteroatoms. The quantitative estimate of drug-likeness (QED) is 0.274. The molecule has 0 radical (unpaired) electrons. The Morgan fingerprint density at radius 2 is 2.00 bits per heavy atom. The number of carbonyl (C=O) groups is 1. The summed E-state index contributed by atoms with van der Waals surface area (Å²) < 4.78 is 29.8. The molecule has 0 bridgehead atoms. The van der Waals surface area contributed by atoms with Crippen molar-refractivity contribution in [3.05, 3.63) is 76.6 Å². The predicted molar refractivity (Wildman–Crippen MR) is 163 cm³/mol. The number of nitrogens with zero attached hydrogens (tertiary/aromatic N) is 6. The Bertz CT molecular complexity index is 1900. The lowest BCUT2D eigenvalue weighted by Gasteiger charge is -2.54. The highest BCUT2D eigenvalue weighted by Gasteiger charge is 2.48. The van der Waals surface area contributed by atoms with Crippen LogP contribution < -0.4 is 14.4 Å². The molecule has 2 aromatic carbocycles. The van der Waals surface area contributed by atoms with Gasteiger partial charge in [-0.05, 0) is 62.1 Å². The van der Waals surface area contributed by atoms with Crippen molar-refractivity contribution in [2.24, 2.45) is 5.41 Å². The molecule has 1 saturated heterocycles. The summed E-state index contributed by atoms with van der Waals surface area (Å²) in [5.74, 6) is -0.955. The SMILES string of the molecule is C[C@]1(c2ccc(Cl)cn2)Oc2cccc(N3CCN(Cc4nc5c(F)cc(C(=O)O)cc5n4CC4(C#N)CC4)[C@H]4CC[C@@H]43)c2O1. The second-order valence-corrected chi connectivity index (χ2v) is 13.1. The number of fused-ring (bicyclic) bond motifs is 3. The van der Waals surface area contributed by atoms with Gasteiger partial charge in [0.15, 0.2) is 17.3 Å². The van der Waals surface area contributed by atoms with Crippen LogP contribution >= 0.6 is 11.6 Å². The van der Waals surface area contributed by atoms with E-state index in [2.05, 4.69) is 26.9 Å². The van der Waals surface area contributed by atoms with Gasteiger partial charge in [0.2, 0.25) is 0 Å². The molecule has 2 aromatic heterocycles. The van der Waals surface area contributed by atoms with Crippen LogP contribution in [0.5, 0.6) is 11.5 Å². The molecule has 2 aliphatic heterocycles. The molecule has 45 heavy (non-hydrogen) atoms. The number of imidazole rings is 1. The van der Waals surface area contributed by atoms with Gasteiger partial charge in [0.25, 0.3) is 5.79 Å². The minimum absolute atomic E-state index is 0.133. The number of carboxylic acid groups (broad SMARTS) is 1. The summed E-state index contributed by atoms with van der Waals surface area (Å²) in [7, 11) is 0. The lowest BCUT2D eigenvalue weighted by Crippen LogP contribution is -2.64. The van der Waals surface area contributed by atoms with E-state index in [-0.39, 0.29) is 23.2 Å². The molecule has 0 amide bonds. The summed E-state index contributed by atoms with van der Waals surface area (Å²) in [6.45, 7) is 4.15. The van der Waals surface area contributed by atoms with Crippen molar-refractivity contribution >= 4 is 34.3 Å². The molecule has 2 saturated carbocycles. The number of anilines is 1. The molecule has 4 aromatic rings. The van der Waals surface area contributed by atoms with Crippen molar-refractivity contribution in [1.29, 1.82) is 5.26 Å². The van der Waals surface area contributed by atoms with Gasteiger partial charge in [-0.15, -0.1) is 0 Å². The molecule has 8 rings (SSSR count). The molecular formula is C33H30ClFN6O4. The Kier molecular flexibility index (Phi) is 6.28. The van der Waals surface area contributed by atoms with Crippen LogP contribution in [0.3, 0.4) is 0 Å². The summed E-state index contributed by atoms with van der Waals surface area (Å²) in [6.07, 6.45) is 5.10. The number of hydrogen-bond acceptors (Lipinski definition) is 8. The van der Waals surface area contributed by atoms with E-state index < -0.39 is 23.0 Å². The third-order valence-corrected chi connectivity index (χ3v) is 10.0. The minimum atomic E-state index is -1.20. The molecule has 3 fully saturated rings. The van der Waals surface area contributed by atoms with E-state index in [1.807, 2.05) is 23.6 Å². The summed E-state index contributed by atoms with van der Waals surface area (Å²) in [5, 5.41) is 20.0. The average Bonchev–Trinajstić information content (AvgIpc) is 3.57. The molecule has 0 spiro atoms. The number of benzene rings is 2. The number of rotatable bonds is 7. The van der Waals surface area contributed by atoms with Crippen molar-refractivity contribution in [3.8, 4) is 17.6 Å². The second kappa shape index (κ2) is 10.1. The van der Waals surface area contributed by atoms with Crippen LogP contribution in [-0.2, 0) is 18.9 Å². The number of para-hydroxylation sites is 1. The molecule has 4 aliphatic rings. The third kappa shape index (κ3) is 4.58. The van der Waals surface area contributed by atoms with E-state index >= 15 is 4.39 Å². The average molecular weight is 629 g/mol. The van der Waals surface area contributed by atoms with Crippen LogP contribution in [0.1, 0.15) is 54.5 Å². The van der Waals surface area contributed by atoms with Crippen LogP contribution in [0.4, 0.5) is 10.1 Å². The third-order valence-electron chi connectivity index (χ3n) is 9.79. The lowest BCUT2D eigenvalue weighted by atomic mass is 9.81. The Labute approximate surface area is 263 Å². The van der Waals surface area contributed by atoms with Crippen molar-refractivity contribution in [1.82, 2.24) is 19.4 Å². The largest absolute Gasteiger partial charge is 0.478 e. The maximum atomic E-state index is 15.1. The number of ether oxygens (including phenoxy) is 2. The smallest absolute Gasteiger partial charge is 0.335 e. The van der Waals surface area contributed by atoms with Crippen LogP contribution in [0, 0.1) is 22.6 Å². The Balaban J connectivity index is 1.07. The fourth-order valence-electron chi connectivity index (χ4n) is 7.00. The first-order valence-electron chi connectivity index (χ1n) is 15.1. The maximum absolute atomic E-state index is 15.1. The van der Waals surface area contributed by atoms with E-state index in [1.54, 1.807) is 18.3 Å². The molecule has 230 valence electrons. The molecule has 2 aliphatic carbocycles. The first kappa shape index (κ1) is 28.1. The van der Waals surface area contributed by atoms with Crippen molar-refractivity contribution in [2.45, 2.75) is 63.6 Å². The van der Waals surface area contributed by atoms with Gasteiger partial charge in [-0.2, -0.15) is 5.26 Å². The molecule has 10 nitrogen and oxygen atoms in total. The Morgan fingerprint density at radius 1 is 1.18 bits per heavy atom. The van der Waals surface area contributed by atoms with E-state index in [0.717, 1.165) is 50.5 Å². The van der Waals surface area contributed by atoms with Gasteiger partial charge in [-0.25, -0.2) is 14.2 Å². The van der Waals surface area contributed by atoms with Gasteiger partial charge in [0.05, 0.1) is 39.8 Å². The van der Waals surface area contributed by atoms with Crippen LogP contribution in [-0.4, -0.2) is 55.7 Å². The molecule has 4 heterocycles. The van der Waals surface area contributed by atoms with E-state index in [9.17, 15) is 15.2 Å². The fraction of sp³-hybridized carbons (Fsp3) is 0.394. The number of piperazine rings is 1. The highest BCUT2D eigenvalue weighted by atomic mass is 35.5. The Hall–Kier alpha value is -4.40. The topological polar surface area (TPSA) is 117 Å². The summed E-state index contributed by atoms with van der Waals surface area (Å²) in [4.78, 5) is 25.6. The molecule has 0 unspecified atom stereocenters. The Morgan fingerprint density at radius 3 is 2.69 bits per heavy atom. The first-order valence-corrected chi connectivity index (χ1v) is 15.5. The molecule has 3 atom stereocenters. The van der Waals surface area contributed by atoms with Crippen molar-refractivity contribution in [3.63, 3.8) is 0 Å². The molecular weight excluding hydrogens is 599 g/mol. The first-order chi connectivity index (χ1) is 21.7. The maximum Gasteiger partial charge on any atom is 0.335 e. The summed E-state index contributed by atoms with van der Waals surface area (Å²) >= 11 is 6.06. The summed E-state index contributed by atoms with van der Waals surface area (Å²) in [6, 6.07) is 14.9. The van der Waals surface area contributed by atoms with Gasteiger partial charge in [0, 0.05) is 44.8 Å². The number of pyridine rings is 1. The fourth-order valence-corrected chi connectivity index (χ4v) is 7.11. The van der Waals surface area contributed by atoms with Crippen LogP contribution in [0.2, 0.25) is 5.02 Å². The number of aromatic nitrogens is 3. The van der Waals surface area contributed by atoms with Crippen molar-refractivity contribution in [2.75, 3.05) is 18.0 Å². The minimum Gasteiger partial charge on any atom is -0.478 e. The van der Waals surface area contributed by atoms with Crippen LogP contribution in [0.15, 0.2) is 48.7 Å². The highest BCUT2D eigenvalue weighted by molar-refractivity contribution is 6.30. The predicted octanol–water partition coefficient (Wildman–Crippen LogP) is 5.72. The number of aromatic carboxylic acids is 1. The monoisotopic (exact) mass is 628 g/mol. The molecule has 1 N–H and O–H groups in total. The normalized spacial score (nSPS) is 24.6. The zero-order valence-electron chi connectivity index (χ0n) is 24.5. The lowest BCUT2D eigenvalue weighted by molar-refractivity contribution is -0.0717. The number of hydrogen-bond donors (Lipinski definition) is 1. The zero-order valence-corrected chi connectivity index (χ0v) is 25.3. The van der Waals surface area contributed by atoms with E-state index in [0.29, 0.717) is 46.6 Å². The van der Waals surface area contributed by atoms with Gasteiger partial charge >= 0.3 is 5.97 Å². The van der Waals surface area contributed by atoms with E-state index in [4.69, 9.17) is 26.1 Å². The van der Waals surface area contributed by atoms with Gasteiger partial charge in [0.1, 0.15) is 17.0 Å². The number of nitriles is 1.